The Hall–Kier alpha value is -0.630. The fraction of sp³-hybridized carbons (Fsp3) is 0.562. The van der Waals surface area contributed by atoms with E-state index in [0.29, 0.717) is 5.78 Å². The highest BCUT2D eigenvalue weighted by Crippen LogP contribution is 2.34. The molecule has 0 radical (unpaired) electrons. The maximum absolute atomic E-state index is 12.5. The Morgan fingerprint density at radius 1 is 1.28 bits per heavy atom. The third-order valence-corrected chi connectivity index (χ3v) is 5.30. The van der Waals surface area contributed by atoms with E-state index in [1.165, 1.54) is 19.3 Å². The first-order valence-corrected chi connectivity index (χ1v) is 7.72. The van der Waals surface area contributed by atoms with Gasteiger partial charge in [0.1, 0.15) is 0 Å². The molecule has 1 saturated carbocycles. The lowest BCUT2D eigenvalue weighted by Crippen LogP contribution is -2.22. The average molecular weight is 309 g/mol. The Kier molecular flexibility index (Phi) is 4.60. The van der Waals surface area contributed by atoms with Gasteiger partial charge in [0.2, 0.25) is 0 Å². The number of carbonyl (C=O) groups is 1. The molecule has 2 heteroatoms. The summed E-state index contributed by atoms with van der Waals surface area (Å²) in [6, 6.07) is 5.96. The van der Waals surface area contributed by atoms with Gasteiger partial charge in [0.25, 0.3) is 0 Å². The minimum atomic E-state index is 0.242. The SMILES string of the molecule is CCC1CCC(C(=O)c2cccc(C)c2Br)CC1. The summed E-state index contributed by atoms with van der Waals surface area (Å²) in [5, 5.41) is 0. The maximum Gasteiger partial charge on any atom is 0.167 e. The Labute approximate surface area is 118 Å². The summed E-state index contributed by atoms with van der Waals surface area (Å²) in [6.45, 7) is 4.29. The zero-order chi connectivity index (χ0) is 13.1. The highest BCUT2D eigenvalue weighted by Gasteiger charge is 2.27. The van der Waals surface area contributed by atoms with E-state index in [9.17, 15) is 4.79 Å². The van der Waals surface area contributed by atoms with Gasteiger partial charge >= 0.3 is 0 Å². The number of carbonyl (C=O) groups excluding carboxylic acids is 1. The molecule has 1 aliphatic rings. The molecule has 1 nitrogen and oxygen atoms in total. The summed E-state index contributed by atoms with van der Waals surface area (Å²) < 4.78 is 0.979. The van der Waals surface area contributed by atoms with E-state index in [2.05, 4.69) is 22.9 Å². The number of benzene rings is 1. The second-order valence-electron chi connectivity index (χ2n) is 5.43. The van der Waals surface area contributed by atoms with Gasteiger partial charge in [-0.2, -0.15) is 0 Å². The normalized spacial score (nSPS) is 23.9. The Bertz CT molecular complexity index is 431. The molecule has 0 atom stereocenters. The third kappa shape index (κ3) is 2.85. The Balaban J connectivity index is 2.10. The first-order valence-electron chi connectivity index (χ1n) is 6.92. The second kappa shape index (κ2) is 6.01. The van der Waals surface area contributed by atoms with E-state index in [0.717, 1.165) is 34.4 Å². The highest BCUT2D eigenvalue weighted by molar-refractivity contribution is 9.10. The third-order valence-electron chi connectivity index (χ3n) is 4.25. The molecule has 1 aromatic rings. The minimum Gasteiger partial charge on any atom is -0.294 e. The summed E-state index contributed by atoms with van der Waals surface area (Å²) in [7, 11) is 0. The molecule has 1 aliphatic carbocycles. The fourth-order valence-corrected chi connectivity index (χ4v) is 3.35. The van der Waals surface area contributed by atoms with Gasteiger partial charge in [-0.05, 0) is 60.0 Å². The molecule has 0 aromatic heterocycles. The van der Waals surface area contributed by atoms with Crippen LogP contribution in [0.25, 0.3) is 0 Å². The molecule has 0 saturated heterocycles. The number of hydrogen-bond acceptors (Lipinski definition) is 1. The molecule has 2 rings (SSSR count). The van der Waals surface area contributed by atoms with Crippen molar-refractivity contribution in [3.63, 3.8) is 0 Å². The number of hydrogen-bond donors (Lipinski definition) is 0. The maximum atomic E-state index is 12.5. The molecule has 0 N–H and O–H groups in total. The molecule has 18 heavy (non-hydrogen) atoms. The smallest absolute Gasteiger partial charge is 0.167 e. The predicted molar refractivity (Wildman–Crippen MR) is 78.9 cm³/mol. The van der Waals surface area contributed by atoms with Crippen molar-refractivity contribution in [1.29, 1.82) is 0 Å². The summed E-state index contributed by atoms with van der Waals surface area (Å²) in [6.07, 6.45) is 5.83. The molecular weight excluding hydrogens is 288 g/mol. The van der Waals surface area contributed by atoms with Crippen molar-refractivity contribution in [1.82, 2.24) is 0 Å². The number of halogens is 1. The van der Waals surface area contributed by atoms with Crippen LogP contribution in [0, 0.1) is 18.8 Å². The van der Waals surface area contributed by atoms with Crippen LogP contribution < -0.4 is 0 Å². The molecule has 0 bridgehead atoms. The van der Waals surface area contributed by atoms with Crippen LogP contribution in [0.3, 0.4) is 0 Å². The van der Waals surface area contributed by atoms with Crippen LogP contribution in [0.1, 0.15) is 54.9 Å². The van der Waals surface area contributed by atoms with E-state index < -0.39 is 0 Å². The summed E-state index contributed by atoms with van der Waals surface area (Å²) in [5.74, 6) is 1.42. The second-order valence-corrected chi connectivity index (χ2v) is 6.22. The van der Waals surface area contributed by atoms with Crippen molar-refractivity contribution in [3.8, 4) is 0 Å². The van der Waals surface area contributed by atoms with Gasteiger partial charge in [-0.25, -0.2) is 0 Å². The number of aryl methyl sites for hydroxylation is 1. The quantitative estimate of drug-likeness (QED) is 0.705. The Morgan fingerprint density at radius 3 is 2.56 bits per heavy atom. The monoisotopic (exact) mass is 308 g/mol. The topological polar surface area (TPSA) is 17.1 Å². The average Bonchev–Trinajstić information content (AvgIpc) is 2.41. The van der Waals surface area contributed by atoms with Gasteiger partial charge in [0.15, 0.2) is 5.78 Å². The molecule has 1 fully saturated rings. The van der Waals surface area contributed by atoms with Crippen LogP contribution in [0.4, 0.5) is 0 Å². The molecule has 0 heterocycles. The lowest BCUT2D eigenvalue weighted by Gasteiger charge is -2.27. The lowest BCUT2D eigenvalue weighted by atomic mass is 9.78. The standard InChI is InChI=1S/C16H21BrO/c1-3-12-7-9-13(10-8-12)16(18)14-6-4-5-11(2)15(14)17/h4-6,12-13H,3,7-10H2,1-2H3. The van der Waals surface area contributed by atoms with Gasteiger partial charge in [0.05, 0.1) is 0 Å². The van der Waals surface area contributed by atoms with E-state index >= 15 is 0 Å². The van der Waals surface area contributed by atoms with Gasteiger partial charge in [-0.1, -0.05) is 31.5 Å². The van der Waals surface area contributed by atoms with Crippen LogP contribution in [0.5, 0.6) is 0 Å². The van der Waals surface area contributed by atoms with Crippen LogP contribution in [0.15, 0.2) is 22.7 Å². The van der Waals surface area contributed by atoms with Crippen molar-refractivity contribution in [2.24, 2.45) is 11.8 Å². The zero-order valence-electron chi connectivity index (χ0n) is 11.2. The molecule has 1 aromatic carbocycles. The summed E-state index contributed by atoms with van der Waals surface area (Å²) in [5.41, 5.74) is 2.01. The van der Waals surface area contributed by atoms with Crippen molar-refractivity contribution in [2.45, 2.75) is 46.0 Å². The highest BCUT2D eigenvalue weighted by atomic mass is 79.9. The minimum absolute atomic E-state index is 0.242. The van der Waals surface area contributed by atoms with E-state index in [1.807, 2.05) is 25.1 Å². The molecule has 98 valence electrons. The summed E-state index contributed by atoms with van der Waals surface area (Å²) in [4.78, 5) is 12.5. The van der Waals surface area contributed by atoms with Gasteiger partial charge in [-0.3, -0.25) is 4.79 Å². The van der Waals surface area contributed by atoms with Gasteiger partial charge < -0.3 is 0 Å². The molecule has 0 amide bonds. The molecular formula is C16H21BrO. The van der Waals surface area contributed by atoms with Crippen molar-refractivity contribution in [3.05, 3.63) is 33.8 Å². The van der Waals surface area contributed by atoms with Crippen molar-refractivity contribution in [2.75, 3.05) is 0 Å². The zero-order valence-corrected chi connectivity index (χ0v) is 12.8. The van der Waals surface area contributed by atoms with Crippen LogP contribution in [-0.2, 0) is 0 Å². The van der Waals surface area contributed by atoms with Crippen LogP contribution in [-0.4, -0.2) is 5.78 Å². The molecule has 0 spiro atoms. The Morgan fingerprint density at radius 2 is 1.94 bits per heavy atom. The van der Waals surface area contributed by atoms with Crippen molar-refractivity contribution < 1.29 is 4.79 Å². The fourth-order valence-electron chi connectivity index (χ4n) is 2.89. The lowest BCUT2D eigenvalue weighted by molar-refractivity contribution is 0.0870. The largest absolute Gasteiger partial charge is 0.294 e. The van der Waals surface area contributed by atoms with E-state index in [-0.39, 0.29) is 5.92 Å². The van der Waals surface area contributed by atoms with Gasteiger partial charge in [-0.15, -0.1) is 0 Å². The van der Waals surface area contributed by atoms with Gasteiger partial charge in [0, 0.05) is 16.0 Å². The van der Waals surface area contributed by atoms with E-state index in [4.69, 9.17) is 0 Å². The van der Waals surface area contributed by atoms with Crippen LogP contribution in [0.2, 0.25) is 0 Å². The molecule has 0 aliphatic heterocycles. The predicted octanol–water partition coefficient (Wildman–Crippen LogP) is 5.16. The first-order chi connectivity index (χ1) is 8.63. The first kappa shape index (κ1) is 13.8. The van der Waals surface area contributed by atoms with Crippen molar-refractivity contribution >= 4 is 21.7 Å². The number of Topliss-reactive ketones (excluding diaryl/α,β-unsaturated/α-hetero) is 1. The van der Waals surface area contributed by atoms with E-state index in [1.54, 1.807) is 0 Å². The number of rotatable bonds is 3. The summed E-state index contributed by atoms with van der Waals surface area (Å²) >= 11 is 3.55. The van der Waals surface area contributed by atoms with Crippen LogP contribution >= 0.6 is 15.9 Å². The molecule has 0 unspecified atom stereocenters. The number of ketones is 1.